The molecule has 1 aliphatic heterocycles. The van der Waals surface area contributed by atoms with E-state index in [1.807, 2.05) is 17.0 Å². The Morgan fingerprint density at radius 1 is 0.902 bits per heavy atom. The highest BCUT2D eigenvalue weighted by Gasteiger charge is 2.60. The molecule has 0 N–H and O–H groups in total. The molecule has 3 rings (SSSR count). The molecule has 0 spiro atoms. The number of halogens is 7. The first-order chi connectivity index (χ1) is 23.5. The van der Waals surface area contributed by atoms with Gasteiger partial charge in [-0.15, -0.1) is 11.6 Å². The van der Waals surface area contributed by atoms with E-state index in [2.05, 4.69) is 4.74 Å². The lowest BCUT2D eigenvalue weighted by atomic mass is 10.1. The van der Waals surface area contributed by atoms with Crippen LogP contribution in [0, 0.1) is 0 Å². The Kier molecular flexibility index (Phi) is 13.9. The standard InChI is InChI=1S/C32H41ClF6N4O7S/c1-30(2,3)50-26(44)21-43(51(5,46)47)19-18-42(20-22-10-12-23(48-4)13-11-22)25-9-7-6-8-24(25)27(33)40-14-16-41(17-15-40)29(45)49-28(31(34,35)36)32(37,38)39/h6-13,27-28H,14-21H2,1-5H3. The number of anilines is 1. The van der Waals surface area contributed by atoms with Crippen LogP contribution in [0.25, 0.3) is 0 Å². The maximum atomic E-state index is 12.9. The van der Waals surface area contributed by atoms with E-state index in [0.29, 0.717) is 17.0 Å². The summed E-state index contributed by atoms with van der Waals surface area (Å²) in [6, 6.07) is 14.1. The molecule has 0 saturated carbocycles. The van der Waals surface area contributed by atoms with Crippen LogP contribution in [0.5, 0.6) is 5.75 Å². The van der Waals surface area contributed by atoms with Gasteiger partial charge in [-0.3, -0.25) is 9.69 Å². The average molecular weight is 775 g/mol. The van der Waals surface area contributed by atoms with Gasteiger partial charge in [-0.2, -0.15) is 30.6 Å². The summed E-state index contributed by atoms with van der Waals surface area (Å²) in [4.78, 5) is 29.2. The maximum absolute atomic E-state index is 12.9. The molecule has 0 aromatic heterocycles. The van der Waals surface area contributed by atoms with E-state index in [0.717, 1.165) is 21.0 Å². The molecule has 1 aliphatic rings. The molecular weight excluding hydrogens is 734 g/mol. The molecule has 2 aromatic rings. The fourth-order valence-electron chi connectivity index (χ4n) is 5.15. The van der Waals surface area contributed by atoms with Crippen LogP contribution >= 0.6 is 11.6 Å². The molecule has 1 fully saturated rings. The smallest absolute Gasteiger partial charge is 0.434 e. The Morgan fingerprint density at radius 3 is 1.98 bits per heavy atom. The Bertz CT molecular complexity index is 1570. The topological polar surface area (TPSA) is 109 Å². The molecular formula is C32H41ClF6N4O7S. The molecule has 1 saturated heterocycles. The number of alkyl halides is 7. The van der Waals surface area contributed by atoms with E-state index in [1.165, 1.54) is 7.11 Å². The van der Waals surface area contributed by atoms with Crippen molar-refractivity contribution in [3.05, 3.63) is 59.7 Å². The first kappa shape index (κ1) is 41.9. The van der Waals surface area contributed by atoms with Gasteiger partial charge in [0.1, 0.15) is 23.4 Å². The van der Waals surface area contributed by atoms with Gasteiger partial charge in [0.15, 0.2) is 0 Å². The number of esters is 1. The number of ether oxygens (including phenoxy) is 3. The highest BCUT2D eigenvalue weighted by atomic mass is 35.5. The molecule has 1 unspecified atom stereocenters. The molecule has 11 nitrogen and oxygen atoms in total. The third-order valence-corrected chi connectivity index (χ3v) is 9.35. The highest BCUT2D eigenvalue weighted by Crippen LogP contribution is 2.37. The first-order valence-corrected chi connectivity index (χ1v) is 17.9. The van der Waals surface area contributed by atoms with Gasteiger partial charge in [0.2, 0.25) is 10.0 Å². The quantitative estimate of drug-likeness (QED) is 0.108. The Morgan fingerprint density at radius 2 is 1.47 bits per heavy atom. The van der Waals surface area contributed by atoms with E-state index in [-0.39, 0.29) is 45.8 Å². The summed E-state index contributed by atoms with van der Waals surface area (Å²) in [6.45, 7) is 4.12. The van der Waals surface area contributed by atoms with E-state index in [9.17, 15) is 44.3 Å². The van der Waals surface area contributed by atoms with Crippen LogP contribution < -0.4 is 9.64 Å². The number of nitrogens with zero attached hydrogens (tertiary/aromatic N) is 4. The molecule has 1 atom stereocenters. The number of carbonyl (C=O) groups is 2. The highest BCUT2D eigenvalue weighted by molar-refractivity contribution is 7.88. The molecule has 1 heterocycles. The van der Waals surface area contributed by atoms with Crippen molar-refractivity contribution in [1.29, 1.82) is 0 Å². The molecule has 0 aliphatic carbocycles. The molecule has 2 aromatic carbocycles. The summed E-state index contributed by atoms with van der Waals surface area (Å²) in [5.41, 5.74) is 0.228. The van der Waals surface area contributed by atoms with Crippen LogP contribution in [0.3, 0.4) is 0 Å². The van der Waals surface area contributed by atoms with Crippen molar-refractivity contribution in [2.24, 2.45) is 0 Å². The van der Waals surface area contributed by atoms with Crippen LogP contribution in [-0.2, 0) is 30.8 Å². The van der Waals surface area contributed by atoms with Crippen molar-refractivity contribution >= 4 is 39.4 Å². The summed E-state index contributed by atoms with van der Waals surface area (Å²) < 4.78 is 119. The molecule has 51 heavy (non-hydrogen) atoms. The number of sulfonamides is 1. The van der Waals surface area contributed by atoms with Crippen molar-refractivity contribution in [3.63, 3.8) is 0 Å². The zero-order valence-corrected chi connectivity index (χ0v) is 30.2. The lowest BCUT2D eigenvalue weighted by Crippen LogP contribution is -2.52. The molecule has 19 heteroatoms. The number of methoxy groups -OCH3 is 1. The number of rotatable bonds is 13. The molecule has 286 valence electrons. The van der Waals surface area contributed by atoms with E-state index in [4.69, 9.17) is 21.1 Å². The van der Waals surface area contributed by atoms with Crippen LogP contribution in [0.4, 0.5) is 36.8 Å². The summed E-state index contributed by atoms with van der Waals surface area (Å²) in [7, 11) is -2.35. The third-order valence-electron chi connectivity index (χ3n) is 7.59. The monoisotopic (exact) mass is 774 g/mol. The van der Waals surface area contributed by atoms with Crippen LogP contribution in [-0.4, -0.2) is 118 Å². The number of para-hydroxylation sites is 1. The summed E-state index contributed by atoms with van der Waals surface area (Å²) in [5.74, 6) is -0.117. The van der Waals surface area contributed by atoms with Gasteiger partial charge in [0, 0.05) is 57.1 Å². The van der Waals surface area contributed by atoms with Crippen LogP contribution in [0.1, 0.15) is 37.4 Å². The fraction of sp³-hybridized carbons (Fsp3) is 0.562. The van der Waals surface area contributed by atoms with Gasteiger partial charge in [-0.05, 0) is 44.5 Å². The van der Waals surface area contributed by atoms with Crippen molar-refractivity contribution in [2.45, 2.75) is 56.9 Å². The van der Waals surface area contributed by atoms with Gasteiger partial charge in [0.25, 0.3) is 6.10 Å². The molecule has 0 radical (unpaired) electrons. The summed E-state index contributed by atoms with van der Waals surface area (Å²) >= 11 is 6.96. The maximum Gasteiger partial charge on any atom is 0.434 e. The summed E-state index contributed by atoms with van der Waals surface area (Å²) in [6.07, 6.45) is -16.7. The van der Waals surface area contributed by atoms with Gasteiger partial charge in [-0.25, -0.2) is 13.2 Å². The van der Waals surface area contributed by atoms with Gasteiger partial charge >= 0.3 is 24.4 Å². The molecule has 0 bridgehead atoms. The zero-order valence-electron chi connectivity index (χ0n) is 28.6. The van der Waals surface area contributed by atoms with Crippen molar-refractivity contribution in [1.82, 2.24) is 14.1 Å². The van der Waals surface area contributed by atoms with Crippen molar-refractivity contribution in [3.8, 4) is 5.75 Å². The van der Waals surface area contributed by atoms with E-state index < -0.39 is 58.2 Å². The second-order valence-corrected chi connectivity index (χ2v) is 15.1. The second kappa shape index (κ2) is 16.9. The van der Waals surface area contributed by atoms with Crippen LogP contribution in [0.2, 0.25) is 0 Å². The minimum Gasteiger partial charge on any atom is -0.497 e. The predicted molar refractivity (Wildman–Crippen MR) is 177 cm³/mol. The first-order valence-electron chi connectivity index (χ1n) is 15.6. The SMILES string of the molecule is COc1ccc(CN(CCN(CC(=O)OC(C)(C)C)S(C)(=O)=O)c2ccccc2C(Cl)N2CCN(C(=O)OC(C(F)(F)F)C(F)(F)F)CC2)cc1. The lowest BCUT2D eigenvalue weighted by Gasteiger charge is -2.38. The predicted octanol–water partition coefficient (Wildman–Crippen LogP) is 5.79. The number of carbonyl (C=O) groups excluding carboxylic acids is 2. The van der Waals surface area contributed by atoms with Gasteiger partial charge < -0.3 is 24.0 Å². The third kappa shape index (κ3) is 12.6. The van der Waals surface area contributed by atoms with Crippen molar-refractivity contribution in [2.75, 3.05) is 64.1 Å². The van der Waals surface area contributed by atoms with Crippen LogP contribution in [0.15, 0.2) is 48.5 Å². The van der Waals surface area contributed by atoms with Gasteiger partial charge in [-0.1, -0.05) is 30.3 Å². The average Bonchev–Trinajstić information content (AvgIpc) is 3.02. The zero-order chi connectivity index (χ0) is 38.4. The molecule has 1 amide bonds. The largest absolute Gasteiger partial charge is 0.497 e. The number of hydrogen-bond donors (Lipinski definition) is 0. The number of amides is 1. The lowest BCUT2D eigenvalue weighted by molar-refractivity contribution is -0.308. The number of piperazine rings is 1. The minimum absolute atomic E-state index is 0.0173. The Labute approximate surface area is 298 Å². The minimum atomic E-state index is -5.84. The number of hydrogen-bond acceptors (Lipinski definition) is 9. The summed E-state index contributed by atoms with van der Waals surface area (Å²) in [5, 5.41) is 0. The number of benzene rings is 2. The normalized spacial score (nSPS) is 15.5. The van der Waals surface area contributed by atoms with E-state index >= 15 is 0 Å². The Hall–Kier alpha value is -3.48. The van der Waals surface area contributed by atoms with Gasteiger partial charge in [0.05, 0.1) is 13.4 Å². The van der Waals surface area contributed by atoms with Crippen molar-refractivity contribution < 1.29 is 58.6 Å². The second-order valence-electron chi connectivity index (χ2n) is 12.7. The Balaban J connectivity index is 1.84. The van der Waals surface area contributed by atoms with E-state index in [1.54, 1.807) is 62.1 Å². The fourth-order valence-corrected chi connectivity index (χ4v) is 6.28.